The second-order valence-corrected chi connectivity index (χ2v) is 5.94. The molecule has 0 aliphatic heterocycles. The molecular weight excluding hydrogens is 377 g/mol. The van der Waals surface area contributed by atoms with Gasteiger partial charge < -0.3 is 14.8 Å². The quantitative estimate of drug-likeness (QED) is 0.742. The number of benzene rings is 2. The Bertz CT molecular complexity index is 650. The topological polar surface area (TPSA) is 30.5 Å². The smallest absolute Gasteiger partial charge is 0.166 e. The fraction of sp³-hybridized carbons (Fsp3) is 0.200. The summed E-state index contributed by atoms with van der Waals surface area (Å²) in [7, 11) is 3.22. The Labute approximate surface area is 142 Å². The molecule has 0 aliphatic rings. The Morgan fingerprint density at radius 1 is 1.10 bits per heavy atom. The van der Waals surface area contributed by atoms with Crippen molar-refractivity contribution in [2.75, 3.05) is 19.5 Å². The van der Waals surface area contributed by atoms with Gasteiger partial charge in [0.15, 0.2) is 11.5 Å². The van der Waals surface area contributed by atoms with Crippen molar-refractivity contribution in [2.45, 2.75) is 6.54 Å². The average Bonchev–Trinajstić information content (AvgIpc) is 2.48. The highest BCUT2D eigenvalue weighted by atomic mass is 79.9. The standard InChI is InChI=1S/C15H14BrCl2NO2/c1-20-14-6-4-11(16)10(15(14)21-2)8-19-13-7-9(17)3-5-12(13)18/h3-7,19H,8H2,1-2H3. The van der Waals surface area contributed by atoms with Crippen molar-refractivity contribution in [1.82, 2.24) is 0 Å². The third-order valence-electron chi connectivity index (χ3n) is 2.98. The van der Waals surface area contributed by atoms with Crippen molar-refractivity contribution in [3.63, 3.8) is 0 Å². The fourth-order valence-corrected chi connectivity index (χ4v) is 2.76. The van der Waals surface area contributed by atoms with Gasteiger partial charge in [0.25, 0.3) is 0 Å². The molecule has 112 valence electrons. The molecule has 0 bridgehead atoms. The van der Waals surface area contributed by atoms with E-state index in [1.54, 1.807) is 32.4 Å². The number of nitrogens with one attached hydrogen (secondary N) is 1. The first-order valence-electron chi connectivity index (χ1n) is 6.15. The molecule has 2 aromatic carbocycles. The summed E-state index contributed by atoms with van der Waals surface area (Å²) in [4.78, 5) is 0. The number of halogens is 3. The van der Waals surface area contributed by atoms with Crippen molar-refractivity contribution < 1.29 is 9.47 Å². The van der Waals surface area contributed by atoms with Crippen LogP contribution in [0.25, 0.3) is 0 Å². The number of hydrogen-bond acceptors (Lipinski definition) is 3. The lowest BCUT2D eigenvalue weighted by Crippen LogP contribution is -2.04. The van der Waals surface area contributed by atoms with Crippen molar-refractivity contribution in [1.29, 1.82) is 0 Å². The first-order valence-corrected chi connectivity index (χ1v) is 7.70. The van der Waals surface area contributed by atoms with Gasteiger partial charge in [0.2, 0.25) is 0 Å². The predicted molar refractivity (Wildman–Crippen MR) is 91.0 cm³/mol. The molecule has 0 heterocycles. The molecule has 0 saturated heterocycles. The molecule has 6 heteroatoms. The Kier molecular flexibility index (Phi) is 5.62. The summed E-state index contributed by atoms with van der Waals surface area (Å²) in [5, 5.41) is 4.49. The first kappa shape index (κ1) is 16.3. The summed E-state index contributed by atoms with van der Waals surface area (Å²) in [6.07, 6.45) is 0. The van der Waals surface area contributed by atoms with E-state index in [1.165, 1.54) is 0 Å². The summed E-state index contributed by atoms with van der Waals surface area (Å²) in [5.41, 5.74) is 1.70. The van der Waals surface area contributed by atoms with Gasteiger partial charge in [-0.25, -0.2) is 0 Å². The van der Waals surface area contributed by atoms with Crippen LogP contribution in [0.5, 0.6) is 11.5 Å². The van der Waals surface area contributed by atoms with Crippen molar-refractivity contribution in [2.24, 2.45) is 0 Å². The van der Waals surface area contributed by atoms with Gasteiger partial charge in [0.05, 0.1) is 24.9 Å². The van der Waals surface area contributed by atoms with Crippen molar-refractivity contribution in [3.05, 3.63) is 50.4 Å². The van der Waals surface area contributed by atoms with E-state index in [0.29, 0.717) is 28.1 Å². The first-order chi connectivity index (χ1) is 10.1. The van der Waals surface area contributed by atoms with Crippen LogP contribution in [0.2, 0.25) is 10.0 Å². The zero-order valence-corrected chi connectivity index (χ0v) is 14.6. The third-order valence-corrected chi connectivity index (χ3v) is 4.28. The lowest BCUT2D eigenvalue weighted by Gasteiger charge is -2.16. The minimum Gasteiger partial charge on any atom is -0.493 e. The molecule has 0 aliphatic carbocycles. The molecule has 2 aromatic rings. The molecular formula is C15H14BrCl2NO2. The number of anilines is 1. The maximum absolute atomic E-state index is 6.15. The molecule has 0 aromatic heterocycles. The van der Waals surface area contributed by atoms with Crippen LogP contribution in [-0.2, 0) is 6.54 Å². The Morgan fingerprint density at radius 2 is 1.86 bits per heavy atom. The molecule has 0 saturated carbocycles. The maximum Gasteiger partial charge on any atom is 0.166 e. The Morgan fingerprint density at radius 3 is 2.52 bits per heavy atom. The van der Waals surface area contributed by atoms with E-state index in [1.807, 2.05) is 12.1 Å². The summed E-state index contributed by atoms with van der Waals surface area (Å²) >= 11 is 15.7. The van der Waals surface area contributed by atoms with Crippen LogP contribution < -0.4 is 14.8 Å². The molecule has 0 amide bonds. The van der Waals surface area contributed by atoms with E-state index in [-0.39, 0.29) is 0 Å². The number of hydrogen-bond donors (Lipinski definition) is 1. The third kappa shape index (κ3) is 3.76. The van der Waals surface area contributed by atoms with Crippen LogP contribution in [0.4, 0.5) is 5.69 Å². The van der Waals surface area contributed by atoms with Gasteiger partial charge in [-0.3, -0.25) is 0 Å². The average molecular weight is 391 g/mol. The van der Waals surface area contributed by atoms with Crippen LogP contribution in [0.1, 0.15) is 5.56 Å². The second-order valence-electron chi connectivity index (χ2n) is 4.24. The SMILES string of the molecule is COc1ccc(Br)c(CNc2cc(Cl)ccc2Cl)c1OC. The lowest BCUT2D eigenvalue weighted by atomic mass is 10.1. The monoisotopic (exact) mass is 389 g/mol. The van der Waals surface area contributed by atoms with Gasteiger partial charge in [0.1, 0.15) is 0 Å². The van der Waals surface area contributed by atoms with Gasteiger partial charge in [-0.1, -0.05) is 39.1 Å². The highest BCUT2D eigenvalue weighted by molar-refractivity contribution is 9.10. The largest absolute Gasteiger partial charge is 0.493 e. The summed E-state index contributed by atoms with van der Waals surface area (Å²) < 4.78 is 11.7. The lowest BCUT2D eigenvalue weighted by molar-refractivity contribution is 0.351. The van der Waals surface area contributed by atoms with E-state index in [4.69, 9.17) is 32.7 Å². The minimum absolute atomic E-state index is 0.515. The molecule has 0 unspecified atom stereocenters. The van der Waals surface area contributed by atoms with Crippen molar-refractivity contribution >= 4 is 44.8 Å². The number of ether oxygens (including phenoxy) is 2. The fourth-order valence-electron chi connectivity index (χ4n) is 1.95. The maximum atomic E-state index is 6.15. The molecule has 0 fully saturated rings. The molecule has 1 N–H and O–H groups in total. The van der Waals surface area contributed by atoms with Crippen LogP contribution in [0.15, 0.2) is 34.8 Å². The van der Waals surface area contributed by atoms with E-state index in [0.717, 1.165) is 15.7 Å². The normalized spacial score (nSPS) is 10.3. The molecule has 2 rings (SSSR count). The number of rotatable bonds is 5. The van der Waals surface area contributed by atoms with Gasteiger partial charge in [-0.15, -0.1) is 0 Å². The second kappa shape index (κ2) is 7.25. The number of methoxy groups -OCH3 is 2. The zero-order chi connectivity index (χ0) is 15.4. The summed E-state index contributed by atoms with van der Waals surface area (Å²) in [6.45, 7) is 0.515. The molecule has 21 heavy (non-hydrogen) atoms. The van der Waals surface area contributed by atoms with Gasteiger partial charge in [-0.05, 0) is 30.3 Å². The van der Waals surface area contributed by atoms with Crippen LogP contribution >= 0.6 is 39.1 Å². The van der Waals surface area contributed by atoms with E-state index >= 15 is 0 Å². The predicted octanol–water partition coefficient (Wildman–Crippen LogP) is 5.39. The highest BCUT2D eigenvalue weighted by Gasteiger charge is 2.14. The summed E-state index contributed by atoms with van der Waals surface area (Å²) in [5.74, 6) is 1.35. The van der Waals surface area contributed by atoms with E-state index < -0.39 is 0 Å². The molecule has 0 spiro atoms. The molecule has 0 atom stereocenters. The zero-order valence-electron chi connectivity index (χ0n) is 11.5. The van der Waals surface area contributed by atoms with E-state index in [2.05, 4.69) is 21.2 Å². The highest BCUT2D eigenvalue weighted by Crippen LogP contribution is 2.37. The van der Waals surface area contributed by atoms with Crippen LogP contribution in [0.3, 0.4) is 0 Å². The van der Waals surface area contributed by atoms with Crippen LogP contribution in [-0.4, -0.2) is 14.2 Å². The van der Waals surface area contributed by atoms with Gasteiger partial charge >= 0.3 is 0 Å². The summed E-state index contributed by atoms with van der Waals surface area (Å²) in [6, 6.07) is 9.04. The van der Waals surface area contributed by atoms with Crippen molar-refractivity contribution in [3.8, 4) is 11.5 Å². The van der Waals surface area contributed by atoms with Crippen LogP contribution in [0, 0.1) is 0 Å². The molecule has 0 radical (unpaired) electrons. The van der Waals surface area contributed by atoms with Gasteiger partial charge in [0, 0.05) is 21.6 Å². The van der Waals surface area contributed by atoms with E-state index in [9.17, 15) is 0 Å². The molecule has 3 nitrogen and oxygen atoms in total. The minimum atomic E-state index is 0.515. The Balaban J connectivity index is 2.29. The Hall–Kier alpha value is -1.10. The van der Waals surface area contributed by atoms with Gasteiger partial charge in [-0.2, -0.15) is 0 Å².